The summed E-state index contributed by atoms with van der Waals surface area (Å²) in [7, 11) is 1.35. The number of carbonyl (C=O) groups excluding carboxylic acids is 1. The number of piperidine rings is 1. The van der Waals surface area contributed by atoms with Crippen LogP contribution >= 0.6 is 0 Å². The Morgan fingerprint density at radius 2 is 1.70 bits per heavy atom. The maximum atomic E-state index is 13.6. The van der Waals surface area contributed by atoms with Crippen molar-refractivity contribution in [3.05, 3.63) is 77.4 Å². The lowest BCUT2D eigenvalue weighted by molar-refractivity contribution is -0.0627. The molecule has 2 aromatic carbocycles. The molecule has 0 unspecified atom stereocenters. The van der Waals surface area contributed by atoms with Gasteiger partial charge in [0.25, 0.3) is 0 Å². The predicted octanol–water partition coefficient (Wildman–Crippen LogP) is 5.63. The van der Waals surface area contributed by atoms with Gasteiger partial charge < -0.3 is 19.0 Å². The average molecular weight is 548 g/mol. The molecule has 9 heteroatoms. The zero-order valence-electron chi connectivity index (χ0n) is 23.1. The van der Waals surface area contributed by atoms with E-state index in [-0.39, 0.29) is 11.4 Å². The Balaban J connectivity index is 1.26. The minimum absolute atomic E-state index is 0.282. The average Bonchev–Trinajstić information content (AvgIpc) is 3.38. The molecule has 2 aliphatic heterocycles. The van der Waals surface area contributed by atoms with Gasteiger partial charge in [-0.15, -0.1) is 0 Å². The Labute approximate surface area is 233 Å². The largest absolute Gasteiger partial charge is 0.493 e. The molecule has 2 aliphatic rings. The summed E-state index contributed by atoms with van der Waals surface area (Å²) in [6.07, 6.45) is 3.86. The molecule has 3 heterocycles. The first kappa shape index (κ1) is 27.6. The van der Waals surface area contributed by atoms with E-state index in [2.05, 4.69) is 27.2 Å². The number of likely N-dealkylation sites (tertiary alicyclic amines) is 1. The van der Waals surface area contributed by atoms with Crippen LogP contribution in [-0.4, -0.2) is 60.6 Å². The third-order valence-corrected chi connectivity index (χ3v) is 7.35. The van der Waals surface area contributed by atoms with Crippen LogP contribution in [0.1, 0.15) is 54.7 Å². The number of esters is 1. The van der Waals surface area contributed by atoms with Gasteiger partial charge >= 0.3 is 5.97 Å². The number of rotatable bonds is 9. The number of hydrogen-bond donors (Lipinski definition) is 0. The Morgan fingerprint density at radius 1 is 1.02 bits per heavy atom. The van der Waals surface area contributed by atoms with E-state index in [4.69, 9.17) is 19.0 Å². The van der Waals surface area contributed by atoms with Gasteiger partial charge in [0.05, 0.1) is 37.1 Å². The van der Waals surface area contributed by atoms with E-state index in [1.807, 2.05) is 13.8 Å². The second-order valence-electron chi connectivity index (χ2n) is 10.0. The van der Waals surface area contributed by atoms with Crippen LogP contribution in [0.15, 0.2) is 59.9 Å². The summed E-state index contributed by atoms with van der Waals surface area (Å²) in [6.45, 7) is 7.37. The maximum absolute atomic E-state index is 13.6. The van der Waals surface area contributed by atoms with Crippen molar-refractivity contribution < 1.29 is 28.2 Å². The number of aromatic nitrogens is 1. The summed E-state index contributed by atoms with van der Waals surface area (Å²) in [5.74, 6) is 0.757. The molecule has 0 atom stereocenters. The minimum atomic E-state index is -0.417. The fourth-order valence-corrected chi connectivity index (χ4v) is 5.28. The van der Waals surface area contributed by atoms with E-state index in [1.165, 1.54) is 25.4 Å². The first-order valence-corrected chi connectivity index (χ1v) is 13.6. The topological polar surface area (TPSA) is 82.5 Å². The van der Waals surface area contributed by atoms with Crippen LogP contribution in [0.2, 0.25) is 0 Å². The van der Waals surface area contributed by atoms with Crippen molar-refractivity contribution in [1.29, 1.82) is 0 Å². The first-order valence-electron chi connectivity index (χ1n) is 13.6. The third kappa shape index (κ3) is 5.94. The number of carbonyl (C=O) groups is 1. The molecule has 0 bridgehead atoms. The van der Waals surface area contributed by atoms with Crippen molar-refractivity contribution in [2.75, 3.05) is 33.4 Å². The van der Waals surface area contributed by atoms with Crippen molar-refractivity contribution in [2.45, 2.75) is 45.3 Å². The molecule has 1 spiro atoms. The highest BCUT2D eigenvalue weighted by atomic mass is 19.1. The van der Waals surface area contributed by atoms with Crippen LogP contribution in [0.3, 0.4) is 0 Å². The summed E-state index contributed by atoms with van der Waals surface area (Å²) in [5, 5.41) is 4.36. The summed E-state index contributed by atoms with van der Waals surface area (Å²) < 4.78 is 30.4. The molecule has 8 nitrogen and oxygen atoms in total. The molecule has 0 aliphatic carbocycles. The van der Waals surface area contributed by atoms with Crippen LogP contribution < -0.4 is 9.47 Å². The smallest absolute Gasteiger partial charge is 0.339 e. The highest BCUT2D eigenvalue weighted by Crippen LogP contribution is 2.41. The van der Waals surface area contributed by atoms with E-state index in [0.29, 0.717) is 30.9 Å². The zero-order valence-corrected chi connectivity index (χ0v) is 23.1. The summed E-state index contributed by atoms with van der Waals surface area (Å²) in [6, 6.07) is 14.0. The van der Waals surface area contributed by atoms with Gasteiger partial charge in [-0.2, -0.15) is 0 Å². The number of benzene rings is 2. The molecule has 1 saturated heterocycles. The van der Waals surface area contributed by atoms with Gasteiger partial charge in [0.15, 0.2) is 0 Å². The molecule has 3 aromatic rings. The van der Waals surface area contributed by atoms with E-state index in [1.54, 1.807) is 24.3 Å². The zero-order chi connectivity index (χ0) is 28.1. The van der Waals surface area contributed by atoms with Gasteiger partial charge in [0.1, 0.15) is 28.6 Å². The number of ether oxygens (including phenoxy) is 3. The predicted molar refractivity (Wildman–Crippen MR) is 149 cm³/mol. The highest BCUT2D eigenvalue weighted by Gasteiger charge is 2.42. The Hall–Kier alpha value is -3.98. The van der Waals surface area contributed by atoms with Gasteiger partial charge in [-0.25, -0.2) is 9.18 Å². The van der Waals surface area contributed by atoms with Crippen LogP contribution in [0.25, 0.3) is 11.1 Å². The number of pyridine rings is 1. The molecule has 0 radical (unpaired) electrons. The van der Waals surface area contributed by atoms with E-state index < -0.39 is 5.97 Å². The van der Waals surface area contributed by atoms with Crippen molar-refractivity contribution >= 4 is 11.7 Å². The lowest BCUT2D eigenvalue weighted by Gasteiger charge is -2.37. The van der Waals surface area contributed by atoms with Crippen molar-refractivity contribution in [3.8, 4) is 22.6 Å². The number of oxime groups is 1. The Morgan fingerprint density at radius 3 is 2.27 bits per heavy atom. The highest BCUT2D eigenvalue weighted by molar-refractivity contribution is 6.00. The fraction of sp³-hybridized carbons (Fsp3) is 0.387. The number of hydrogen-bond acceptors (Lipinski definition) is 8. The molecule has 40 heavy (non-hydrogen) atoms. The quantitative estimate of drug-likeness (QED) is 0.321. The molecule has 0 amide bonds. The second kappa shape index (κ2) is 12.0. The molecule has 1 fully saturated rings. The summed E-state index contributed by atoms with van der Waals surface area (Å²) in [5.41, 5.74) is 4.34. The minimum Gasteiger partial charge on any atom is -0.493 e. The first-order chi connectivity index (χ1) is 19.4. The van der Waals surface area contributed by atoms with Crippen LogP contribution in [0.4, 0.5) is 4.39 Å². The van der Waals surface area contributed by atoms with E-state index in [9.17, 15) is 9.18 Å². The summed E-state index contributed by atoms with van der Waals surface area (Å²) >= 11 is 0. The standard InChI is InChI=1S/C31H34FN3O5/c1-4-38-27-16-21(17-28(39-5-2)29(27)22-6-9-24(32)10-7-22)20-35-14-12-31(13-15-35)18-26(34-40-31)25-11-8-23(19-33-25)30(36)37-3/h6-11,16-17,19H,4-5,12-15,18,20H2,1-3H3. The lowest BCUT2D eigenvalue weighted by atomic mass is 9.86. The van der Waals surface area contributed by atoms with Gasteiger partial charge in [0.2, 0.25) is 0 Å². The van der Waals surface area contributed by atoms with Crippen LogP contribution in [0.5, 0.6) is 11.5 Å². The molecule has 0 N–H and O–H groups in total. The van der Waals surface area contributed by atoms with Crippen molar-refractivity contribution in [2.24, 2.45) is 5.16 Å². The molecular weight excluding hydrogens is 513 g/mol. The van der Waals surface area contributed by atoms with Crippen LogP contribution in [0, 0.1) is 5.82 Å². The monoisotopic (exact) mass is 547 g/mol. The molecular formula is C31H34FN3O5. The molecule has 0 saturated carbocycles. The van der Waals surface area contributed by atoms with Gasteiger partial charge in [-0.3, -0.25) is 9.88 Å². The van der Waals surface area contributed by atoms with Gasteiger partial charge in [-0.1, -0.05) is 17.3 Å². The van der Waals surface area contributed by atoms with Gasteiger partial charge in [-0.05, 0) is 61.4 Å². The number of halogens is 1. The maximum Gasteiger partial charge on any atom is 0.339 e. The van der Waals surface area contributed by atoms with Gasteiger partial charge in [0, 0.05) is 45.1 Å². The molecule has 210 valence electrons. The van der Waals surface area contributed by atoms with E-state index >= 15 is 0 Å². The third-order valence-electron chi connectivity index (χ3n) is 7.35. The van der Waals surface area contributed by atoms with E-state index in [0.717, 1.165) is 66.4 Å². The fourth-order valence-electron chi connectivity index (χ4n) is 5.28. The second-order valence-corrected chi connectivity index (χ2v) is 10.0. The number of nitrogens with zero attached hydrogens (tertiary/aromatic N) is 3. The SMILES string of the molecule is CCOc1cc(CN2CCC3(CC2)CC(c2ccc(C(=O)OC)cn2)=NO3)cc(OCC)c1-c1ccc(F)cc1. The van der Waals surface area contributed by atoms with Crippen LogP contribution in [-0.2, 0) is 16.1 Å². The number of methoxy groups -OCH3 is 1. The molecule has 5 rings (SSSR count). The lowest BCUT2D eigenvalue weighted by Crippen LogP contribution is -2.44. The van der Waals surface area contributed by atoms with Crippen molar-refractivity contribution in [1.82, 2.24) is 9.88 Å². The Bertz CT molecular complexity index is 1340. The summed E-state index contributed by atoms with van der Waals surface area (Å²) in [4.78, 5) is 24.5. The normalized spacial score (nSPS) is 16.4. The molecule has 1 aromatic heterocycles. The Kier molecular flexibility index (Phi) is 8.30. The van der Waals surface area contributed by atoms with Crippen molar-refractivity contribution in [3.63, 3.8) is 0 Å².